The highest BCUT2D eigenvalue weighted by atomic mass is 16.3. The van der Waals surface area contributed by atoms with Crippen LogP contribution in [0.4, 0.5) is 0 Å². The summed E-state index contributed by atoms with van der Waals surface area (Å²) in [7, 11) is 0. The highest BCUT2D eigenvalue weighted by molar-refractivity contribution is 5.23. The highest BCUT2D eigenvalue weighted by Gasteiger charge is 2.35. The lowest BCUT2D eigenvalue weighted by atomic mass is 9.93. The summed E-state index contributed by atoms with van der Waals surface area (Å²) in [5.41, 5.74) is 5.81. The lowest BCUT2D eigenvalue weighted by molar-refractivity contribution is 0.00426. The summed E-state index contributed by atoms with van der Waals surface area (Å²) in [6.07, 6.45) is 1.20. The molecular formula is C15H24N2O. The van der Waals surface area contributed by atoms with Crippen LogP contribution in [0.3, 0.4) is 0 Å². The Kier molecular flexibility index (Phi) is 4.05. The second-order valence-corrected chi connectivity index (χ2v) is 5.72. The molecule has 0 aliphatic carbocycles. The number of nitrogens with zero attached hydrogens (tertiary/aromatic N) is 1. The van der Waals surface area contributed by atoms with Crippen LogP contribution in [-0.4, -0.2) is 35.7 Å². The van der Waals surface area contributed by atoms with Crippen LogP contribution in [0.2, 0.25) is 0 Å². The van der Waals surface area contributed by atoms with Gasteiger partial charge in [-0.2, -0.15) is 0 Å². The molecule has 3 heteroatoms. The maximum atomic E-state index is 10.8. The van der Waals surface area contributed by atoms with Crippen molar-refractivity contribution in [3.05, 3.63) is 35.9 Å². The Labute approximate surface area is 110 Å². The van der Waals surface area contributed by atoms with E-state index in [0.717, 1.165) is 12.1 Å². The standard InChI is InChI=1S/C15H24N2O/c1-12-8-13(2)17(9-12)11-15(18,10-16)14-6-4-3-5-7-14/h3-7,12-13,18H,8-11,16H2,1-2H3. The van der Waals surface area contributed by atoms with Crippen LogP contribution >= 0.6 is 0 Å². The number of hydrogen-bond acceptors (Lipinski definition) is 3. The van der Waals surface area contributed by atoms with Crippen LogP contribution in [-0.2, 0) is 5.60 Å². The van der Waals surface area contributed by atoms with Crippen LogP contribution in [0.1, 0.15) is 25.8 Å². The van der Waals surface area contributed by atoms with Crippen molar-refractivity contribution in [3.8, 4) is 0 Å². The largest absolute Gasteiger partial charge is 0.382 e. The van der Waals surface area contributed by atoms with Crippen LogP contribution in [0.25, 0.3) is 0 Å². The van der Waals surface area contributed by atoms with E-state index in [4.69, 9.17) is 5.73 Å². The second kappa shape index (κ2) is 5.39. The fourth-order valence-corrected chi connectivity index (χ4v) is 2.96. The van der Waals surface area contributed by atoms with E-state index in [1.807, 2.05) is 30.3 Å². The lowest BCUT2D eigenvalue weighted by Crippen LogP contribution is -2.47. The Balaban J connectivity index is 2.14. The SMILES string of the molecule is CC1CC(C)N(CC(O)(CN)c2ccccc2)C1. The minimum absolute atomic E-state index is 0.259. The third kappa shape index (κ3) is 2.74. The van der Waals surface area contributed by atoms with Gasteiger partial charge in [-0.05, 0) is 24.8 Å². The topological polar surface area (TPSA) is 49.5 Å². The van der Waals surface area contributed by atoms with Gasteiger partial charge < -0.3 is 10.8 Å². The van der Waals surface area contributed by atoms with Crippen molar-refractivity contribution in [2.75, 3.05) is 19.6 Å². The van der Waals surface area contributed by atoms with Crippen molar-refractivity contribution < 1.29 is 5.11 Å². The quantitative estimate of drug-likeness (QED) is 0.850. The summed E-state index contributed by atoms with van der Waals surface area (Å²) in [4.78, 5) is 2.35. The van der Waals surface area contributed by atoms with E-state index in [2.05, 4.69) is 18.7 Å². The van der Waals surface area contributed by atoms with Crippen molar-refractivity contribution in [2.24, 2.45) is 11.7 Å². The molecule has 18 heavy (non-hydrogen) atoms. The summed E-state index contributed by atoms with van der Waals surface area (Å²) in [6, 6.07) is 10.3. The first-order chi connectivity index (χ1) is 8.55. The van der Waals surface area contributed by atoms with Crippen molar-refractivity contribution >= 4 is 0 Å². The van der Waals surface area contributed by atoms with E-state index >= 15 is 0 Å². The van der Waals surface area contributed by atoms with Gasteiger partial charge in [0.1, 0.15) is 5.60 Å². The van der Waals surface area contributed by atoms with Gasteiger partial charge in [0.25, 0.3) is 0 Å². The Morgan fingerprint density at radius 2 is 2.00 bits per heavy atom. The number of benzene rings is 1. The van der Waals surface area contributed by atoms with Crippen LogP contribution < -0.4 is 5.73 Å². The Morgan fingerprint density at radius 3 is 2.50 bits per heavy atom. The van der Waals surface area contributed by atoms with E-state index in [0.29, 0.717) is 18.5 Å². The molecule has 0 radical (unpaired) electrons. The number of β-amino-alcohol motifs (C(OH)–C–C–N with tert-alkyl or cyclic N) is 1. The van der Waals surface area contributed by atoms with Crippen molar-refractivity contribution in [2.45, 2.75) is 31.9 Å². The number of hydrogen-bond donors (Lipinski definition) is 2. The van der Waals surface area contributed by atoms with Crippen LogP contribution in [0, 0.1) is 5.92 Å². The van der Waals surface area contributed by atoms with Crippen molar-refractivity contribution in [1.82, 2.24) is 4.90 Å². The molecule has 1 aromatic carbocycles. The first-order valence-corrected chi connectivity index (χ1v) is 6.77. The zero-order chi connectivity index (χ0) is 13.2. The molecule has 3 nitrogen and oxygen atoms in total. The molecule has 3 unspecified atom stereocenters. The molecule has 2 rings (SSSR count). The van der Waals surface area contributed by atoms with Gasteiger partial charge in [0.05, 0.1) is 0 Å². The first kappa shape index (κ1) is 13.5. The molecule has 1 aliphatic heterocycles. The summed E-state index contributed by atoms with van der Waals surface area (Å²) in [6.45, 7) is 6.43. The smallest absolute Gasteiger partial charge is 0.114 e. The van der Waals surface area contributed by atoms with Gasteiger partial charge in [-0.1, -0.05) is 37.3 Å². The first-order valence-electron chi connectivity index (χ1n) is 6.77. The third-order valence-corrected chi connectivity index (χ3v) is 4.03. The maximum absolute atomic E-state index is 10.8. The Morgan fingerprint density at radius 1 is 1.33 bits per heavy atom. The molecule has 0 aromatic heterocycles. The minimum atomic E-state index is -0.931. The fraction of sp³-hybridized carbons (Fsp3) is 0.600. The molecule has 0 spiro atoms. The van der Waals surface area contributed by atoms with Gasteiger partial charge in [0.2, 0.25) is 0 Å². The van der Waals surface area contributed by atoms with Gasteiger partial charge in [0, 0.05) is 25.7 Å². The molecule has 1 saturated heterocycles. The molecule has 3 atom stereocenters. The molecule has 1 heterocycles. The van der Waals surface area contributed by atoms with Crippen molar-refractivity contribution in [3.63, 3.8) is 0 Å². The zero-order valence-corrected chi connectivity index (χ0v) is 11.3. The Hall–Kier alpha value is -0.900. The van der Waals surface area contributed by atoms with Crippen LogP contribution in [0.15, 0.2) is 30.3 Å². The highest BCUT2D eigenvalue weighted by Crippen LogP contribution is 2.28. The lowest BCUT2D eigenvalue weighted by Gasteiger charge is -2.34. The van der Waals surface area contributed by atoms with Gasteiger partial charge >= 0.3 is 0 Å². The van der Waals surface area contributed by atoms with E-state index < -0.39 is 5.60 Å². The molecule has 1 aliphatic rings. The molecule has 3 N–H and O–H groups in total. The number of rotatable bonds is 4. The van der Waals surface area contributed by atoms with E-state index in [1.54, 1.807) is 0 Å². The zero-order valence-electron chi connectivity index (χ0n) is 11.3. The molecule has 100 valence electrons. The van der Waals surface area contributed by atoms with E-state index in [1.165, 1.54) is 6.42 Å². The average molecular weight is 248 g/mol. The van der Waals surface area contributed by atoms with E-state index in [9.17, 15) is 5.11 Å². The fourth-order valence-electron chi connectivity index (χ4n) is 2.96. The minimum Gasteiger partial charge on any atom is -0.382 e. The predicted molar refractivity (Wildman–Crippen MR) is 74.2 cm³/mol. The summed E-state index contributed by atoms with van der Waals surface area (Å²) >= 11 is 0. The monoisotopic (exact) mass is 248 g/mol. The summed E-state index contributed by atoms with van der Waals surface area (Å²) < 4.78 is 0. The van der Waals surface area contributed by atoms with Gasteiger partial charge in [-0.25, -0.2) is 0 Å². The van der Waals surface area contributed by atoms with Crippen LogP contribution in [0.5, 0.6) is 0 Å². The number of nitrogens with two attached hydrogens (primary N) is 1. The van der Waals surface area contributed by atoms with Gasteiger partial charge in [-0.3, -0.25) is 4.90 Å². The third-order valence-electron chi connectivity index (χ3n) is 4.03. The van der Waals surface area contributed by atoms with Gasteiger partial charge in [0.15, 0.2) is 0 Å². The Bertz CT molecular complexity index is 381. The average Bonchev–Trinajstić information content (AvgIpc) is 2.68. The molecular weight excluding hydrogens is 224 g/mol. The number of aliphatic hydroxyl groups is 1. The maximum Gasteiger partial charge on any atom is 0.114 e. The van der Waals surface area contributed by atoms with Crippen molar-refractivity contribution in [1.29, 1.82) is 0 Å². The molecule has 1 fully saturated rings. The van der Waals surface area contributed by atoms with Gasteiger partial charge in [-0.15, -0.1) is 0 Å². The molecule has 0 saturated carbocycles. The number of likely N-dealkylation sites (tertiary alicyclic amines) is 1. The molecule has 0 bridgehead atoms. The molecule has 1 aromatic rings. The molecule has 0 amide bonds. The summed E-state index contributed by atoms with van der Waals surface area (Å²) in [5.74, 6) is 0.706. The normalized spacial score (nSPS) is 28.2. The predicted octanol–water partition coefficient (Wildman–Crippen LogP) is 1.56. The van der Waals surface area contributed by atoms with E-state index in [-0.39, 0.29) is 6.54 Å². The second-order valence-electron chi connectivity index (χ2n) is 5.72. The summed E-state index contributed by atoms with van der Waals surface area (Å²) in [5, 5.41) is 10.8.